The Bertz CT molecular complexity index is 834. The number of carbonyl (C=O) groups excluding carboxylic acids is 1. The molecule has 7 heteroatoms. The molecule has 2 aromatic carbocycles. The van der Waals surface area contributed by atoms with Crippen molar-refractivity contribution in [2.75, 3.05) is 13.7 Å². The molecule has 3 rings (SSSR count). The Labute approximate surface area is 161 Å². The highest BCUT2D eigenvalue weighted by molar-refractivity contribution is 6.39. The Kier molecular flexibility index (Phi) is 5.70. The van der Waals surface area contributed by atoms with E-state index in [0.717, 1.165) is 24.0 Å². The van der Waals surface area contributed by atoms with Crippen LogP contribution in [0.2, 0.25) is 10.0 Å². The van der Waals surface area contributed by atoms with Gasteiger partial charge in [-0.2, -0.15) is 0 Å². The van der Waals surface area contributed by atoms with Crippen molar-refractivity contribution in [1.82, 2.24) is 0 Å². The minimum Gasteiger partial charge on any atom is -0.493 e. The third kappa shape index (κ3) is 3.65. The predicted octanol–water partition coefficient (Wildman–Crippen LogP) is 4.17. The molecular formula is C19H18Cl2FNO3. The number of ether oxygens (including phenoxy) is 2. The van der Waals surface area contributed by atoms with Crippen LogP contribution < -0.4 is 10.5 Å². The zero-order chi connectivity index (χ0) is 18.8. The first-order valence-electron chi connectivity index (χ1n) is 8.18. The standard InChI is InChI=1S/C19H18Cl2FNO3/c1-25-19(24)16(23)7-10-4-5-13(18-12(10)3-2-6-26-18)17-14(20)8-11(22)9-15(17)21/h4-5,8-9,16H,2-3,6-7,23H2,1H3/t16-/m0/s1. The first kappa shape index (κ1) is 19.0. The fourth-order valence-corrected chi connectivity index (χ4v) is 3.85. The molecule has 0 radical (unpaired) electrons. The first-order valence-corrected chi connectivity index (χ1v) is 8.93. The smallest absolute Gasteiger partial charge is 0.322 e. The largest absolute Gasteiger partial charge is 0.493 e. The van der Waals surface area contributed by atoms with Gasteiger partial charge in [-0.1, -0.05) is 35.3 Å². The lowest BCUT2D eigenvalue weighted by Crippen LogP contribution is -2.34. The van der Waals surface area contributed by atoms with Gasteiger partial charge in [-0.15, -0.1) is 0 Å². The summed E-state index contributed by atoms with van der Waals surface area (Å²) < 4.78 is 24.1. The van der Waals surface area contributed by atoms with Gasteiger partial charge in [0.15, 0.2) is 0 Å². The van der Waals surface area contributed by atoms with Gasteiger partial charge < -0.3 is 15.2 Å². The SMILES string of the molecule is COC(=O)[C@@H](N)Cc1ccc(-c2c(Cl)cc(F)cc2Cl)c2c1CCCO2. The number of hydrogen-bond acceptors (Lipinski definition) is 4. The summed E-state index contributed by atoms with van der Waals surface area (Å²) in [6.45, 7) is 0.558. The predicted molar refractivity (Wildman–Crippen MR) is 99.4 cm³/mol. The van der Waals surface area contributed by atoms with Gasteiger partial charge in [0.1, 0.15) is 17.6 Å². The molecule has 4 nitrogen and oxygen atoms in total. The molecule has 2 aromatic rings. The number of hydrogen-bond donors (Lipinski definition) is 1. The molecule has 0 saturated heterocycles. The molecule has 0 bridgehead atoms. The Morgan fingerprint density at radius 2 is 2.04 bits per heavy atom. The van der Waals surface area contributed by atoms with Gasteiger partial charge in [-0.25, -0.2) is 4.39 Å². The number of halogens is 3. The van der Waals surface area contributed by atoms with E-state index in [4.69, 9.17) is 38.4 Å². The van der Waals surface area contributed by atoms with E-state index in [1.54, 1.807) is 0 Å². The van der Waals surface area contributed by atoms with Crippen LogP contribution in [0.5, 0.6) is 5.75 Å². The molecule has 26 heavy (non-hydrogen) atoms. The number of benzene rings is 2. The van der Waals surface area contributed by atoms with Crippen molar-refractivity contribution in [1.29, 1.82) is 0 Å². The average Bonchev–Trinajstić information content (AvgIpc) is 2.61. The molecule has 1 atom stereocenters. The van der Waals surface area contributed by atoms with Crippen molar-refractivity contribution in [3.63, 3.8) is 0 Å². The van der Waals surface area contributed by atoms with Crippen LogP contribution in [0.4, 0.5) is 4.39 Å². The van der Waals surface area contributed by atoms with E-state index in [-0.39, 0.29) is 10.0 Å². The number of esters is 1. The highest BCUT2D eigenvalue weighted by atomic mass is 35.5. The van der Waals surface area contributed by atoms with E-state index in [9.17, 15) is 9.18 Å². The van der Waals surface area contributed by atoms with Gasteiger partial charge in [-0.05, 0) is 42.5 Å². The Balaban J connectivity index is 2.09. The van der Waals surface area contributed by atoms with Crippen LogP contribution in [-0.2, 0) is 22.4 Å². The first-order chi connectivity index (χ1) is 12.4. The number of methoxy groups -OCH3 is 1. The van der Waals surface area contributed by atoms with Crippen LogP contribution in [-0.4, -0.2) is 25.7 Å². The number of nitrogens with two attached hydrogens (primary N) is 1. The van der Waals surface area contributed by atoms with E-state index in [1.807, 2.05) is 12.1 Å². The quantitative estimate of drug-likeness (QED) is 0.786. The third-order valence-electron chi connectivity index (χ3n) is 4.40. The lowest BCUT2D eigenvalue weighted by atomic mass is 9.90. The lowest BCUT2D eigenvalue weighted by molar-refractivity contribution is -0.142. The summed E-state index contributed by atoms with van der Waals surface area (Å²) in [5.74, 6) is -0.315. The maximum absolute atomic E-state index is 13.5. The second-order valence-corrected chi connectivity index (χ2v) is 6.92. The molecule has 0 aromatic heterocycles. The Hall–Kier alpha value is -1.82. The fraction of sp³-hybridized carbons (Fsp3) is 0.316. The van der Waals surface area contributed by atoms with Crippen molar-refractivity contribution in [2.24, 2.45) is 5.73 Å². The summed E-state index contributed by atoms with van der Waals surface area (Å²) in [6.07, 6.45) is 1.97. The molecule has 1 aliphatic rings. The van der Waals surface area contributed by atoms with Crippen LogP contribution in [0.25, 0.3) is 11.1 Å². The Morgan fingerprint density at radius 1 is 1.35 bits per heavy atom. The normalized spacial score (nSPS) is 14.3. The van der Waals surface area contributed by atoms with E-state index >= 15 is 0 Å². The van der Waals surface area contributed by atoms with Crippen LogP contribution in [0.3, 0.4) is 0 Å². The second kappa shape index (κ2) is 7.82. The van der Waals surface area contributed by atoms with Crippen LogP contribution in [0, 0.1) is 5.82 Å². The van der Waals surface area contributed by atoms with Crippen LogP contribution in [0.1, 0.15) is 17.5 Å². The van der Waals surface area contributed by atoms with Gasteiger partial charge in [0.05, 0.1) is 23.8 Å². The van der Waals surface area contributed by atoms with Crippen molar-refractivity contribution in [2.45, 2.75) is 25.3 Å². The van der Waals surface area contributed by atoms with Crippen molar-refractivity contribution in [3.05, 3.63) is 51.3 Å². The summed E-state index contributed by atoms with van der Waals surface area (Å²) >= 11 is 12.5. The average molecular weight is 398 g/mol. The maximum Gasteiger partial charge on any atom is 0.322 e. The molecule has 0 saturated carbocycles. The minimum atomic E-state index is -0.755. The van der Waals surface area contributed by atoms with E-state index < -0.39 is 17.8 Å². The van der Waals surface area contributed by atoms with Crippen LogP contribution in [0.15, 0.2) is 24.3 Å². The van der Waals surface area contributed by atoms with Crippen molar-refractivity contribution >= 4 is 29.2 Å². The molecule has 138 valence electrons. The highest BCUT2D eigenvalue weighted by Gasteiger charge is 2.24. The molecular weight excluding hydrogens is 380 g/mol. The van der Waals surface area contributed by atoms with Gasteiger partial charge in [0.2, 0.25) is 0 Å². The molecule has 1 aliphatic heterocycles. The fourth-order valence-electron chi connectivity index (χ4n) is 3.19. The summed E-state index contributed by atoms with van der Waals surface area (Å²) in [5.41, 5.74) is 9.01. The highest BCUT2D eigenvalue weighted by Crippen LogP contribution is 2.44. The van der Waals surface area contributed by atoms with Gasteiger partial charge >= 0.3 is 5.97 Å². The number of fused-ring (bicyclic) bond motifs is 1. The van der Waals surface area contributed by atoms with E-state index in [1.165, 1.54) is 19.2 Å². The Morgan fingerprint density at radius 3 is 2.69 bits per heavy atom. The molecule has 0 unspecified atom stereocenters. The topological polar surface area (TPSA) is 61.5 Å². The summed E-state index contributed by atoms with van der Waals surface area (Å²) in [7, 11) is 1.31. The van der Waals surface area contributed by atoms with Gasteiger partial charge in [0, 0.05) is 11.1 Å². The third-order valence-corrected chi connectivity index (χ3v) is 4.99. The number of carbonyl (C=O) groups is 1. The monoisotopic (exact) mass is 397 g/mol. The summed E-state index contributed by atoms with van der Waals surface area (Å²) in [6, 6.07) is 5.38. The molecule has 0 aliphatic carbocycles. The molecule has 2 N–H and O–H groups in total. The molecule has 0 fully saturated rings. The van der Waals surface area contributed by atoms with Gasteiger partial charge in [-0.3, -0.25) is 4.79 Å². The van der Waals surface area contributed by atoms with E-state index in [2.05, 4.69) is 0 Å². The second-order valence-electron chi connectivity index (χ2n) is 6.11. The van der Waals surface area contributed by atoms with Gasteiger partial charge in [0.25, 0.3) is 0 Å². The molecule has 0 amide bonds. The zero-order valence-corrected chi connectivity index (χ0v) is 15.7. The van der Waals surface area contributed by atoms with Crippen molar-refractivity contribution < 1.29 is 18.7 Å². The van der Waals surface area contributed by atoms with Crippen LogP contribution >= 0.6 is 23.2 Å². The maximum atomic E-state index is 13.5. The molecule has 1 heterocycles. The molecule has 0 spiro atoms. The number of rotatable bonds is 4. The zero-order valence-electron chi connectivity index (χ0n) is 14.2. The van der Waals surface area contributed by atoms with Crippen molar-refractivity contribution in [3.8, 4) is 16.9 Å². The summed E-state index contributed by atoms with van der Waals surface area (Å²) in [5, 5.41) is 0.427. The minimum absolute atomic E-state index is 0.213. The lowest BCUT2D eigenvalue weighted by Gasteiger charge is -2.25. The van der Waals surface area contributed by atoms with E-state index in [0.29, 0.717) is 29.9 Å². The summed E-state index contributed by atoms with van der Waals surface area (Å²) in [4.78, 5) is 11.6.